The Kier molecular flexibility index (Phi) is 4.78. The molecule has 1 fully saturated rings. The van der Waals surface area contributed by atoms with Crippen molar-refractivity contribution in [2.45, 2.75) is 69.1 Å². The summed E-state index contributed by atoms with van der Waals surface area (Å²) in [7, 11) is 0. The summed E-state index contributed by atoms with van der Waals surface area (Å²) in [4.78, 5) is 9.05. The zero-order chi connectivity index (χ0) is 14.0. The Morgan fingerprint density at radius 2 is 2.00 bits per heavy atom. The van der Waals surface area contributed by atoms with Gasteiger partial charge in [-0.05, 0) is 18.8 Å². The molecule has 2 unspecified atom stereocenters. The molecule has 1 heterocycles. The molecule has 106 valence electrons. The highest BCUT2D eigenvalue weighted by Gasteiger charge is 2.23. The molecule has 2 atom stereocenters. The van der Waals surface area contributed by atoms with Gasteiger partial charge in [0.1, 0.15) is 16.0 Å². The Balaban J connectivity index is 2.14. The lowest BCUT2D eigenvalue weighted by atomic mass is 9.91. The molecule has 4 heteroatoms. The largest absolute Gasteiger partial charge is 0.226 e. The van der Waals surface area contributed by atoms with Gasteiger partial charge >= 0.3 is 0 Å². The quantitative estimate of drug-likeness (QED) is 0.711. The molecule has 0 bridgehead atoms. The van der Waals surface area contributed by atoms with Crippen molar-refractivity contribution in [1.29, 1.82) is 0 Å². The third kappa shape index (κ3) is 4.35. The van der Waals surface area contributed by atoms with Crippen LogP contribution in [-0.4, -0.2) is 15.2 Å². The lowest BCUT2D eigenvalue weighted by Crippen LogP contribution is -2.18. The number of nitrogens with zero attached hydrogens (tertiary/aromatic N) is 2. The van der Waals surface area contributed by atoms with Crippen LogP contribution < -0.4 is 0 Å². The first kappa shape index (κ1) is 15.1. The molecular formula is C15H23ClN2S. The van der Waals surface area contributed by atoms with Crippen molar-refractivity contribution in [2.24, 2.45) is 5.92 Å². The molecule has 0 radical (unpaired) electrons. The van der Waals surface area contributed by atoms with Gasteiger partial charge in [-0.3, -0.25) is 0 Å². The Morgan fingerprint density at radius 3 is 2.63 bits per heavy atom. The van der Waals surface area contributed by atoms with E-state index in [1.54, 1.807) is 0 Å². The van der Waals surface area contributed by atoms with Crippen molar-refractivity contribution in [3.05, 3.63) is 17.0 Å². The number of hydrogen-bond acceptors (Lipinski definition) is 3. The van der Waals surface area contributed by atoms with Gasteiger partial charge in [0.25, 0.3) is 0 Å². The SMILES string of the molecule is CC1CCCC(Sc2cc(Cl)nc(C(C)(C)C)n2)C1. The number of hydrogen-bond donors (Lipinski definition) is 0. The molecule has 0 spiro atoms. The maximum atomic E-state index is 6.14. The standard InChI is InChI=1S/C15H23ClN2S/c1-10-6-5-7-11(8-10)19-13-9-12(16)17-14(18-13)15(2,3)4/h9-11H,5-8H2,1-4H3. The van der Waals surface area contributed by atoms with E-state index in [4.69, 9.17) is 16.6 Å². The van der Waals surface area contributed by atoms with Crippen molar-refractivity contribution in [1.82, 2.24) is 9.97 Å². The average molecular weight is 299 g/mol. The van der Waals surface area contributed by atoms with E-state index in [-0.39, 0.29) is 5.41 Å². The van der Waals surface area contributed by atoms with E-state index in [2.05, 4.69) is 32.7 Å². The van der Waals surface area contributed by atoms with Gasteiger partial charge in [0.15, 0.2) is 0 Å². The Hall–Kier alpha value is -0.280. The van der Waals surface area contributed by atoms with E-state index in [1.807, 2.05) is 17.8 Å². The molecule has 1 aromatic rings. The topological polar surface area (TPSA) is 25.8 Å². The van der Waals surface area contributed by atoms with Crippen LogP contribution in [0.15, 0.2) is 11.1 Å². The van der Waals surface area contributed by atoms with Gasteiger partial charge in [-0.2, -0.15) is 0 Å². The molecule has 2 rings (SSSR count). The van der Waals surface area contributed by atoms with Crippen LogP contribution in [0, 0.1) is 5.92 Å². The van der Waals surface area contributed by atoms with Crippen molar-refractivity contribution in [2.75, 3.05) is 0 Å². The number of halogens is 1. The number of rotatable bonds is 2. The lowest BCUT2D eigenvalue weighted by Gasteiger charge is -2.26. The Labute approximate surface area is 125 Å². The van der Waals surface area contributed by atoms with Crippen LogP contribution in [0.5, 0.6) is 0 Å². The van der Waals surface area contributed by atoms with Gasteiger partial charge < -0.3 is 0 Å². The van der Waals surface area contributed by atoms with Crippen molar-refractivity contribution >= 4 is 23.4 Å². The molecule has 1 saturated carbocycles. The molecule has 0 saturated heterocycles. The van der Waals surface area contributed by atoms with Crippen molar-refractivity contribution in [3.63, 3.8) is 0 Å². The lowest BCUT2D eigenvalue weighted by molar-refractivity contribution is 0.394. The fourth-order valence-electron chi connectivity index (χ4n) is 2.45. The molecule has 1 aliphatic rings. The predicted molar refractivity (Wildman–Crippen MR) is 83.0 cm³/mol. The Morgan fingerprint density at radius 1 is 1.26 bits per heavy atom. The van der Waals surface area contributed by atoms with Gasteiger partial charge in [0.2, 0.25) is 0 Å². The molecular weight excluding hydrogens is 276 g/mol. The van der Waals surface area contributed by atoms with Gasteiger partial charge in [-0.25, -0.2) is 9.97 Å². The minimum atomic E-state index is -0.0555. The summed E-state index contributed by atoms with van der Waals surface area (Å²) in [6.45, 7) is 8.71. The second-order valence-corrected chi connectivity index (χ2v) is 8.32. The van der Waals surface area contributed by atoms with E-state index in [1.165, 1.54) is 25.7 Å². The third-order valence-corrected chi connectivity index (χ3v) is 4.92. The fraction of sp³-hybridized carbons (Fsp3) is 0.733. The Bertz CT molecular complexity index is 442. The minimum Gasteiger partial charge on any atom is -0.226 e. The van der Waals surface area contributed by atoms with Crippen LogP contribution in [0.1, 0.15) is 59.2 Å². The zero-order valence-electron chi connectivity index (χ0n) is 12.2. The highest BCUT2D eigenvalue weighted by molar-refractivity contribution is 7.99. The van der Waals surface area contributed by atoms with E-state index < -0.39 is 0 Å². The van der Waals surface area contributed by atoms with Crippen LogP contribution in [0.4, 0.5) is 0 Å². The maximum absolute atomic E-state index is 6.14. The molecule has 19 heavy (non-hydrogen) atoms. The monoisotopic (exact) mass is 298 g/mol. The van der Waals surface area contributed by atoms with E-state index in [0.717, 1.165) is 16.8 Å². The second-order valence-electron chi connectivity index (χ2n) is 6.61. The predicted octanol–water partition coefficient (Wildman–Crippen LogP) is 5.10. The summed E-state index contributed by atoms with van der Waals surface area (Å²) in [5, 5.41) is 2.28. The van der Waals surface area contributed by atoms with Crippen LogP contribution in [-0.2, 0) is 5.41 Å². The molecule has 2 nitrogen and oxygen atoms in total. The molecule has 1 aliphatic carbocycles. The van der Waals surface area contributed by atoms with E-state index >= 15 is 0 Å². The second kappa shape index (κ2) is 6.01. The van der Waals surface area contributed by atoms with Gasteiger partial charge in [-0.15, -0.1) is 11.8 Å². The first-order chi connectivity index (χ1) is 8.84. The van der Waals surface area contributed by atoms with E-state index in [9.17, 15) is 0 Å². The molecule has 0 amide bonds. The van der Waals surface area contributed by atoms with Crippen LogP contribution >= 0.6 is 23.4 Å². The molecule has 0 aliphatic heterocycles. The number of aromatic nitrogens is 2. The highest BCUT2D eigenvalue weighted by atomic mass is 35.5. The zero-order valence-corrected chi connectivity index (χ0v) is 13.8. The van der Waals surface area contributed by atoms with Crippen LogP contribution in [0.25, 0.3) is 0 Å². The summed E-state index contributed by atoms with van der Waals surface area (Å²) < 4.78 is 0. The van der Waals surface area contributed by atoms with Gasteiger partial charge in [0, 0.05) is 16.7 Å². The summed E-state index contributed by atoms with van der Waals surface area (Å²) in [6, 6.07) is 1.90. The molecule has 1 aromatic heterocycles. The number of thioether (sulfide) groups is 1. The molecule has 0 aromatic carbocycles. The fourth-order valence-corrected chi connectivity index (χ4v) is 4.07. The smallest absolute Gasteiger partial charge is 0.136 e. The first-order valence-corrected chi connectivity index (χ1v) is 8.32. The summed E-state index contributed by atoms with van der Waals surface area (Å²) in [5.74, 6) is 1.68. The van der Waals surface area contributed by atoms with Crippen LogP contribution in [0.2, 0.25) is 5.15 Å². The van der Waals surface area contributed by atoms with Gasteiger partial charge in [0.05, 0.1) is 0 Å². The summed E-state index contributed by atoms with van der Waals surface area (Å²) in [6.07, 6.45) is 5.29. The normalized spacial score (nSPS) is 24.5. The third-order valence-electron chi connectivity index (χ3n) is 3.52. The van der Waals surface area contributed by atoms with E-state index in [0.29, 0.717) is 10.4 Å². The van der Waals surface area contributed by atoms with Crippen molar-refractivity contribution in [3.8, 4) is 0 Å². The maximum Gasteiger partial charge on any atom is 0.136 e. The average Bonchev–Trinajstić information content (AvgIpc) is 2.26. The summed E-state index contributed by atoms with van der Waals surface area (Å²) >= 11 is 8.02. The summed E-state index contributed by atoms with van der Waals surface area (Å²) in [5.41, 5.74) is -0.0555. The first-order valence-electron chi connectivity index (χ1n) is 7.06. The highest BCUT2D eigenvalue weighted by Crippen LogP contribution is 2.36. The van der Waals surface area contributed by atoms with Gasteiger partial charge in [-0.1, -0.05) is 52.1 Å². The minimum absolute atomic E-state index is 0.0555. The van der Waals surface area contributed by atoms with Crippen LogP contribution in [0.3, 0.4) is 0 Å². The molecule has 0 N–H and O–H groups in total. The van der Waals surface area contributed by atoms with Crippen molar-refractivity contribution < 1.29 is 0 Å².